The summed E-state index contributed by atoms with van der Waals surface area (Å²) < 4.78 is 58.4. The fourth-order valence-corrected chi connectivity index (χ4v) is 1.27. The van der Waals surface area contributed by atoms with Crippen LogP contribution in [0.25, 0.3) is 0 Å². The highest BCUT2D eigenvalue weighted by molar-refractivity contribution is 4.91. The highest BCUT2D eigenvalue weighted by atomic mass is 19.3. The van der Waals surface area contributed by atoms with Gasteiger partial charge < -0.3 is 15.0 Å². The molecule has 2 N–H and O–H groups in total. The van der Waals surface area contributed by atoms with Gasteiger partial charge in [0, 0.05) is 12.5 Å². The lowest BCUT2D eigenvalue weighted by Crippen LogP contribution is -2.37. The van der Waals surface area contributed by atoms with Crippen molar-refractivity contribution in [1.29, 1.82) is 0 Å². The second-order valence-electron chi connectivity index (χ2n) is 5.84. The number of hydrogen-bond acceptors (Lipinski definition) is 5. The van der Waals surface area contributed by atoms with Gasteiger partial charge in [-0.3, -0.25) is 0 Å². The molecule has 0 saturated heterocycles. The van der Waals surface area contributed by atoms with Crippen molar-refractivity contribution in [2.45, 2.75) is 52.2 Å². The average Bonchev–Trinajstić information content (AvgIpc) is 2.75. The van der Waals surface area contributed by atoms with Crippen molar-refractivity contribution in [2.75, 3.05) is 6.61 Å². The Morgan fingerprint density at radius 1 is 1.29 bits per heavy atom. The number of aromatic nitrogens is 2. The van der Waals surface area contributed by atoms with Crippen molar-refractivity contribution < 1.29 is 26.8 Å². The van der Waals surface area contributed by atoms with Crippen molar-refractivity contribution in [2.24, 2.45) is 11.1 Å². The molecule has 1 aromatic rings. The van der Waals surface area contributed by atoms with Gasteiger partial charge in [0.15, 0.2) is 5.82 Å². The second kappa shape index (κ2) is 6.69. The van der Waals surface area contributed by atoms with E-state index in [9.17, 15) is 17.6 Å². The van der Waals surface area contributed by atoms with Crippen LogP contribution in [0.2, 0.25) is 0 Å². The zero-order valence-corrected chi connectivity index (χ0v) is 12.1. The molecule has 0 aliphatic carbocycles. The number of alkyl halides is 4. The number of ether oxygens (including phenoxy) is 1. The first-order chi connectivity index (χ1) is 9.52. The molecule has 0 bridgehead atoms. The van der Waals surface area contributed by atoms with Gasteiger partial charge in [0.2, 0.25) is 5.89 Å². The number of hydrogen-bond donors (Lipinski definition) is 1. The molecule has 0 radical (unpaired) electrons. The minimum atomic E-state index is -4.19. The Morgan fingerprint density at radius 2 is 1.90 bits per heavy atom. The highest BCUT2D eigenvalue weighted by Crippen LogP contribution is 2.23. The van der Waals surface area contributed by atoms with Gasteiger partial charge in [0.1, 0.15) is 13.2 Å². The third kappa shape index (κ3) is 5.58. The molecule has 9 heteroatoms. The van der Waals surface area contributed by atoms with Gasteiger partial charge in [-0.1, -0.05) is 25.9 Å². The SMILES string of the molecule is CC(C)(C)C(N)Cc1nc(COCC(F)(F)C(F)F)no1. The molecule has 1 atom stereocenters. The summed E-state index contributed by atoms with van der Waals surface area (Å²) in [5.74, 6) is -3.94. The molecule has 0 fully saturated rings. The van der Waals surface area contributed by atoms with E-state index in [1.54, 1.807) is 0 Å². The molecule has 21 heavy (non-hydrogen) atoms. The maximum absolute atomic E-state index is 12.6. The van der Waals surface area contributed by atoms with E-state index in [1.807, 2.05) is 20.8 Å². The highest BCUT2D eigenvalue weighted by Gasteiger charge is 2.41. The van der Waals surface area contributed by atoms with E-state index in [0.29, 0.717) is 6.42 Å². The topological polar surface area (TPSA) is 74.2 Å². The summed E-state index contributed by atoms with van der Waals surface area (Å²) in [6, 6.07) is -0.227. The quantitative estimate of drug-likeness (QED) is 0.782. The lowest BCUT2D eigenvalue weighted by molar-refractivity contribution is -0.168. The fraction of sp³-hybridized carbons (Fsp3) is 0.833. The normalized spacial score (nSPS) is 14.7. The van der Waals surface area contributed by atoms with Gasteiger partial charge in [0.25, 0.3) is 0 Å². The first-order valence-electron chi connectivity index (χ1n) is 6.33. The number of nitrogens with two attached hydrogens (primary N) is 1. The fourth-order valence-electron chi connectivity index (χ4n) is 1.27. The van der Waals surface area contributed by atoms with Gasteiger partial charge in [-0.2, -0.15) is 13.8 Å². The molecule has 122 valence electrons. The number of rotatable bonds is 7. The zero-order chi connectivity index (χ0) is 16.3. The van der Waals surface area contributed by atoms with Crippen molar-refractivity contribution in [3.63, 3.8) is 0 Å². The molecule has 0 saturated carbocycles. The van der Waals surface area contributed by atoms with Gasteiger partial charge >= 0.3 is 12.3 Å². The van der Waals surface area contributed by atoms with Crippen LogP contribution in [0, 0.1) is 5.41 Å². The average molecular weight is 313 g/mol. The summed E-state index contributed by atoms with van der Waals surface area (Å²) in [6.45, 7) is 4.01. The van der Waals surface area contributed by atoms with Crippen LogP contribution in [0.1, 0.15) is 32.5 Å². The predicted octanol–water partition coefficient (Wildman–Crippen LogP) is 2.40. The van der Waals surface area contributed by atoms with Crippen LogP contribution in [-0.2, 0) is 17.8 Å². The Kier molecular flexibility index (Phi) is 5.68. The minimum absolute atomic E-state index is 0.0103. The molecule has 0 amide bonds. The molecule has 1 aromatic heterocycles. The predicted molar refractivity (Wildman–Crippen MR) is 66.0 cm³/mol. The van der Waals surface area contributed by atoms with Crippen molar-refractivity contribution >= 4 is 0 Å². The van der Waals surface area contributed by atoms with E-state index in [-0.39, 0.29) is 23.2 Å². The smallest absolute Gasteiger partial charge is 0.330 e. The van der Waals surface area contributed by atoms with E-state index < -0.39 is 25.6 Å². The Balaban J connectivity index is 2.46. The van der Waals surface area contributed by atoms with Gasteiger partial charge in [-0.25, -0.2) is 8.78 Å². The zero-order valence-electron chi connectivity index (χ0n) is 12.1. The number of nitrogens with zero attached hydrogens (tertiary/aromatic N) is 2. The third-order valence-corrected chi connectivity index (χ3v) is 2.86. The Hall–Kier alpha value is -1.22. The van der Waals surface area contributed by atoms with Crippen LogP contribution in [-0.4, -0.2) is 35.1 Å². The van der Waals surface area contributed by atoms with Crippen LogP contribution in [0.15, 0.2) is 4.52 Å². The van der Waals surface area contributed by atoms with Crippen molar-refractivity contribution in [3.8, 4) is 0 Å². The first-order valence-corrected chi connectivity index (χ1v) is 6.33. The molecule has 1 rings (SSSR count). The molecule has 0 aliphatic heterocycles. The lowest BCUT2D eigenvalue weighted by atomic mass is 9.85. The molecule has 5 nitrogen and oxygen atoms in total. The van der Waals surface area contributed by atoms with Crippen LogP contribution in [0.5, 0.6) is 0 Å². The number of halogens is 4. The Labute approximate surface area is 119 Å². The van der Waals surface area contributed by atoms with E-state index in [0.717, 1.165) is 0 Å². The lowest BCUT2D eigenvalue weighted by Gasteiger charge is -2.25. The first kappa shape index (κ1) is 17.8. The summed E-state index contributed by atoms with van der Waals surface area (Å²) in [7, 11) is 0. The Morgan fingerprint density at radius 3 is 2.43 bits per heavy atom. The maximum Gasteiger partial charge on any atom is 0.330 e. The summed E-state index contributed by atoms with van der Waals surface area (Å²) in [5.41, 5.74) is 5.78. The molecule has 0 aromatic carbocycles. The monoisotopic (exact) mass is 313 g/mol. The minimum Gasteiger partial charge on any atom is -0.367 e. The van der Waals surface area contributed by atoms with Crippen molar-refractivity contribution in [1.82, 2.24) is 10.1 Å². The van der Waals surface area contributed by atoms with Crippen LogP contribution >= 0.6 is 0 Å². The second-order valence-corrected chi connectivity index (χ2v) is 5.84. The van der Waals surface area contributed by atoms with Crippen LogP contribution in [0.3, 0.4) is 0 Å². The summed E-state index contributed by atoms with van der Waals surface area (Å²) in [4.78, 5) is 3.91. The van der Waals surface area contributed by atoms with Crippen LogP contribution < -0.4 is 5.73 Å². The summed E-state index contributed by atoms with van der Waals surface area (Å²) in [6.07, 6.45) is -3.45. The largest absolute Gasteiger partial charge is 0.367 e. The Bertz CT molecular complexity index is 446. The molecule has 1 heterocycles. The maximum atomic E-state index is 12.6. The van der Waals surface area contributed by atoms with E-state index in [2.05, 4.69) is 14.9 Å². The summed E-state index contributed by atoms with van der Waals surface area (Å²) in [5, 5.41) is 3.52. The van der Waals surface area contributed by atoms with Crippen molar-refractivity contribution in [3.05, 3.63) is 11.7 Å². The van der Waals surface area contributed by atoms with E-state index in [4.69, 9.17) is 10.3 Å². The molecular formula is C12H19F4N3O2. The van der Waals surface area contributed by atoms with Crippen LogP contribution in [0.4, 0.5) is 17.6 Å². The summed E-state index contributed by atoms with van der Waals surface area (Å²) >= 11 is 0. The van der Waals surface area contributed by atoms with E-state index in [1.165, 1.54) is 0 Å². The third-order valence-electron chi connectivity index (χ3n) is 2.86. The van der Waals surface area contributed by atoms with Gasteiger partial charge in [-0.05, 0) is 5.41 Å². The molecule has 0 aliphatic rings. The molecule has 0 spiro atoms. The van der Waals surface area contributed by atoms with Gasteiger partial charge in [0.05, 0.1) is 0 Å². The molecular weight excluding hydrogens is 294 g/mol. The van der Waals surface area contributed by atoms with E-state index >= 15 is 0 Å². The standard InChI is InChI=1S/C12H19F4N3O2/c1-11(2,3)7(17)4-9-18-8(19-21-9)5-20-6-12(15,16)10(13)14/h7,10H,4-6,17H2,1-3H3. The molecule has 1 unspecified atom stereocenters. The van der Waals surface area contributed by atoms with Gasteiger partial charge in [-0.15, -0.1) is 0 Å².